The molecule has 5 N–H and O–H groups in total. The lowest BCUT2D eigenvalue weighted by Gasteiger charge is -2.36. The number of ether oxygens (including phenoxy) is 1. The van der Waals surface area contributed by atoms with Gasteiger partial charge in [-0.05, 0) is 33.1 Å². The van der Waals surface area contributed by atoms with Gasteiger partial charge >= 0.3 is 12.1 Å². The molecule has 192 valence electrons. The lowest BCUT2D eigenvalue weighted by Crippen LogP contribution is -2.50. The van der Waals surface area contributed by atoms with Crippen molar-refractivity contribution in [1.29, 1.82) is 0 Å². The highest BCUT2D eigenvalue weighted by Gasteiger charge is 2.42. The zero-order chi connectivity index (χ0) is 25.5. The van der Waals surface area contributed by atoms with Gasteiger partial charge in [-0.25, -0.2) is 4.79 Å². The summed E-state index contributed by atoms with van der Waals surface area (Å²) in [4.78, 5) is 38.6. The average Bonchev–Trinajstić information content (AvgIpc) is 3.41. The summed E-state index contributed by atoms with van der Waals surface area (Å²) in [5.74, 6) is -2.57. The summed E-state index contributed by atoms with van der Waals surface area (Å²) in [7, 11) is 0. The number of carboxylic acids is 1. The van der Waals surface area contributed by atoms with Crippen molar-refractivity contribution in [1.82, 2.24) is 25.3 Å². The topological polar surface area (TPSA) is 154 Å². The molecule has 0 saturated carbocycles. The van der Waals surface area contributed by atoms with E-state index in [9.17, 15) is 22.8 Å². The zero-order valence-corrected chi connectivity index (χ0v) is 19.1. The number of amides is 2. The largest absolute Gasteiger partial charge is 0.490 e. The number of carboxylic acid groups (broad SMARTS) is 1. The summed E-state index contributed by atoms with van der Waals surface area (Å²) in [5, 5.41) is 16.6. The van der Waals surface area contributed by atoms with Crippen LogP contribution in [0.5, 0.6) is 0 Å². The van der Waals surface area contributed by atoms with E-state index in [1.807, 2.05) is 18.7 Å². The molecule has 0 aromatic carbocycles. The molecular formula is C20H31F3N6O5. The molecule has 3 heterocycles. The van der Waals surface area contributed by atoms with E-state index in [0.29, 0.717) is 37.8 Å². The number of aliphatic carboxylic acids is 1. The molecule has 2 aliphatic heterocycles. The number of nitrogens with zero attached hydrogens (tertiary/aromatic N) is 3. The van der Waals surface area contributed by atoms with Gasteiger partial charge in [-0.2, -0.15) is 18.3 Å². The summed E-state index contributed by atoms with van der Waals surface area (Å²) >= 11 is 0. The van der Waals surface area contributed by atoms with Gasteiger partial charge in [0.2, 0.25) is 5.91 Å². The highest BCUT2D eigenvalue weighted by Crippen LogP contribution is 2.27. The molecule has 2 atom stereocenters. The zero-order valence-electron chi connectivity index (χ0n) is 19.1. The molecule has 34 heavy (non-hydrogen) atoms. The van der Waals surface area contributed by atoms with Gasteiger partial charge in [-0.15, -0.1) is 0 Å². The number of nitrogen functional groups attached to an aromatic ring is 1. The minimum absolute atomic E-state index is 0.0885. The Morgan fingerprint density at radius 1 is 1.29 bits per heavy atom. The molecule has 11 nitrogen and oxygen atoms in total. The first-order valence-corrected chi connectivity index (χ1v) is 11.0. The Morgan fingerprint density at radius 2 is 1.88 bits per heavy atom. The van der Waals surface area contributed by atoms with Crippen molar-refractivity contribution in [2.24, 2.45) is 0 Å². The predicted molar refractivity (Wildman–Crippen MR) is 115 cm³/mol. The minimum atomic E-state index is -5.08. The number of aromatic nitrogens is 2. The fourth-order valence-electron chi connectivity index (χ4n) is 4.09. The number of alkyl halides is 3. The fourth-order valence-corrected chi connectivity index (χ4v) is 4.09. The Morgan fingerprint density at radius 3 is 2.35 bits per heavy atom. The van der Waals surface area contributed by atoms with Gasteiger partial charge in [-0.3, -0.25) is 19.6 Å². The average molecular weight is 492 g/mol. The Bertz CT molecular complexity index is 839. The van der Waals surface area contributed by atoms with Crippen LogP contribution in [0.1, 0.15) is 43.6 Å². The number of carbonyl (C=O) groups excluding carboxylic acids is 2. The Kier molecular flexibility index (Phi) is 9.67. The number of aromatic amines is 1. The number of hydrogen-bond donors (Lipinski definition) is 4. The normalized spacial score (nSPS) is 21.4. The van der Waals surface area contributed by atoms with Crippen molar-refractivity contribution in [3.8, 4) is 0 Å². The van der Waals surface area contributed by atoms with Crippen LogP contribution in [0.3, 0.4) is 0 Å². The third-order valence-electron chi connectivity index (χ3n) is 5.78. The molecule has 1 aromatic rings. The lowest BCUT2D eigenvalue weighted by molar-refractivity contribution is -0.192. The van der Waals surface area contributed by atoms with Crippen LogP contribution >= 0.6 is 0 Å². The number of hydrogen-bond acceptors (Lipinski definition) is 7. The molecule has 0 spiro atoms. The van der Waals surface area contributed by atoms with Gasteiger partial charge in [0.25, 0.3) is 5.91 Å². The van der Waals surface area contributed by atoms with Crippen LogP contribution in [0.25, 0.3) is 0 Å². The van der Waals surface area contributed by atoms with Crippen molar-refractivity contribution in [2.75, 3.05) is 38.6 Å². The molecule has 2 fully saturated rings. The van der Waals surface area contributed by atoms with Gasteiger partial charge in [-0.1, -0.05) is 0 Å². The van der Waals surface area contributed by atoms with E-state index in [-0.39, 0.29) is 29.7 Å². The van der Waals surface area contributed by atoms with E-state index in [0.717, 1.165) is 26.1 Å². The quantitative estimate of drug-likeness (QED) is 0.456. The van der Waals surface area contributed by atoms with Crippen LogP contribution < -0.4 is 11.1 Å². The second-order valence-corrected chi connectivity index (χ2v) is 7.98. The summed E-state index contributed by atoms with van der Waals surface area (Å²) in [6.07, 6.45) is -2.64. The highest BCUT2D eigenvalue weighted by molar-refractivity contribution is 5.93. The molecule has 0 aliphatic carbocycles. The molecule has 0 radical (unpaired) electrons. The molecule has 14 heteroatoms. The van der Waals surface area contributed by atoms with Crippen LogP contribution in [-0.2, 0) is 14.3 Å². The molecule has 2 saturated heterocycles. The fraction of sp³-hybridized carbons (Fsp3) is 0.700. The number of nitrogens with two attached hydrogens (primary N) is 1. The summed E-state index contributed by atoms with van der Waals surface area (Å²) in [6, 6.07) is 1.53. The van der Waals surface area contributed by atoms with Gasteiger partial charge in [0.05, 0.1) is 6.04 Å². The standard InChI is InChI=1S/C18H30N6O3.C2HF3O2/c1-3-23(4-2)18(26)15-9-12(11-24(15)13-5-7-27-8-6-13)20-17(25)14-10-16(19)22-21-14;3-2(4,5)1(6)7/h10,12-13,15H,3-9,11H2,1-2H3,(H,20,25)(H3,19,21,22);(H,6,7)/t12-,15-;/m0./s1. The highest BCUT2D eigenvalue weighted by atomic mass is 19.4. The van der Waals surface area contributed by atoms with Crippen LogP contribution in [-0.4, -0.2) is 100 Å². The number of anilines is 1. The number of likely N-dealkylation sites (tertiary alicyclic amines) is 1. The first-order chi connectivity index (χ1) is 16.0. The maximum Gasteiger partial charge on any atom is 0.490 e. The van der Waals surface area contributed by atoms with Crippen LogP contribution in [0.4, 0.5) is 19.0 Å². The first-order valence-electron chi connectivity index (χ1n) is 11.0. The maximum absolute atomic E-state index is 13.1. The van der Waals surface area contributed by atoms with Gasteiger partial charge in [0.15, 0.2) is 0 Å². The molecule has 0 bridgehead atoms. The monoisotopic (exact) mass is 492 g/mol. The van der Waals surface area contributed by atoms with Crippen molar-refractivity contribution < 1.29 is 37.4 Å². The van der Waals surface area contributed by atoms with E-state index >= 15 is 0 Å². The number of halogens is 3. The van der Waals surface area contributed by atoms with Crippen LogP contribution in [0.2, 0.25) is 0 Å². The second-order valence-electron chi connectivity index (χ2n) is 7.98. The van der Waals surface area contributed by atoms with Crippen molar-refractivity contribution in [3.05, 3.63) is 11.8 Å². The maximum atomic E-state index is 13.1. The third kappa shape index (κ3) is 7.32. The van der Waals surface area contributed by atoms with Gasteiger partial charge < -0.3 is 25.8 Å². The molecule has 2 amide bonds. The predicted octanol–water partition coefficient (Wildman–Crippen LogP) is 0.845. The van der Waals surface area contributed by atoms with Crippen molar-refractivity contribution in [3.63, 3.8) is 0 Å². The summed E-state index contributed by atoms with van der Waals surface area (Å²) in [6.45, 7) is 7.48. The van der Waals surface area contributed by atoms with Crippen LogP contribution in [0.15, 0.2) is 6.07 Å². The minimum Gasteiger partial charge on any atom is -0.475 e. The third-order valence-corrected chi connectivity index (χ3v) is 5.78. The van der Waals surface area contributed by atoms with Crippen molar-refractivity contribution in [2.45, 2.75) is 57.4 Å². The Balaban J connectivity index is 0.000000509. The van der Waals surface area contributed by atoms with Gasteiger partial charge in [0.1, 0.15) is 11.5 Å². The number of rotatable bonds is 6. The second kappa shape index (κ2) is 12.0. The van der Waals surface area contributed by atoms with Gasteiger partial charge in [0, 0.05) is 51.0 Å². The van der Waals surface area contributed by atoms with E-state index < -0.39 is 12.1 Å². The number of carbonyl (C=O) groups is 3. The Hall–Kier alpha value is -2.87. The van der Waals surface area contributed by atoms with E-state index in [1.165, 1.54) is 6.07 Å². The number of likely N-dealkylation sites (N-methyl/N-ethyl adjacent to an activating group) is 1. The van der Waals surface area contributed by atoms with E-state index in [4.69, 9.17) is 20.4 Å². The molecule has 1 aromatic heterocycles. The number of nitrogens with one attached hydrogen (secondary N) is 2. The molecule has 3 rings (SSSR count). The smallest absolute Gasteiger partial charge is 0.475 e. The molecule has 0 unspecified atom stereocenters. The molecule has 2 aliphatic rings. The summed E-state index contributed by atoms with van der Waals surface area (Å²) in [5.41, 5.74) is 5.91. The van der Waals surface area contributed by atoms with E-state index in [2.05, 4.69) is 20.4 Å². The molecular weight excluding hydrogens is 461 g/mol. The summed E-state index contributed by atoms with van der Waals surface area (Å²) < 4.78 is 37.2. The number of H-pyrrole nitrogens is 1. The first kappa shape index (κ1) is 27.4. The SMILES string of the molecule is CCN(CC)C(=O)[C@@H]1C[C@H](NC(=O)c2cc(N)n[nH]2)CN1C1CCOCC1.O=C(O)C(F)(F)F. The van der Waals surface area contributed by atoms with Crippen LogP contribution in [0, 0.1) is 0 Å². The van der Waals surface area contributed by atoms with E-state index in [1.54, 1.807) is 0 Å². The van der Waals surface area contributed by atoms with Crippen molar-refractivity contribution >= 4 is 23.6 Å². The lowest BCUT2D eigenvalue weighted by atomic mass is 10.1. The Labute approximate surface area is 194 Å².